The Morgan fingerprint density at radius 2 is 1.90 bits per heavy atom. The highest BCUT2D eigenvalue weighted by Crippen LogP contribution is 2.30. The molecule has 108 valence electrons. The molecule has 1 amide bonds. The minimum atomic E-state index is -0.115. The predicted octanol–water partition coefficient (Wildman–Crippen LogP) is 4.80. The third-order valence-electron chi connectivity index (χ3n) is 3.86. The van der Waals surface area contributed by atoms with Crippen LogP contribution in [-0.4, -0.2) is 5.91 Å². The topological polar surface area (TPSA) is 29.1 Å². The van der Waals surface area contributed by atoms with Crippen LogP contribution in [0.5, 0.6) is 0 Å². The number of amides is 1. The van der Waals surface area contributed by atoms with E-state index in [9.17, 15) is 4.79 Å². The molecule has 1 N–H and O–H groups in total. The van der Waals surface area contributed by atoms with E-state index in [0.29, 0.717) is 15.6 Å². The summed E-state index contributed by atoms with van der Waals surface area (Å²) in [5.41, 5.74) is 3.08. The fourth-order valence-electron chi connectivity index (χ4n) is 2.78. The van der Waals surface area contributed by atoms with Crippen LogP contribution in [0.4, 0.5) is 0 Å². The second-order valence-electron chi connectivity index (χ2n) is 5.25. The number of halogens is 2. The van der Waals surface area contributed by atoms with E-state index >= 15 is 0 Å². The summed E-state index contributed by atoms with van der Waals surface area (Å²) < 4.78 is 0. The molecule has 0 aromatic heterocycles. The van der Waals surface area contributed by atoms with Gasteiger partial charge in [-0.15, -0.1) is 0 Å². The van der Waals surface area contributed by atoms with Gasteiger partial charge in [0, 0.05) is 5.56 Å². The van der Waals surface area contributed by atoms with E-state index in [1.54, 1.807) is 18.2 Å². The second-order valence-corrected chi connectivity index (χ2v) is 6.06. The lowest BCUT2D eigenvalue weighted by molar-refractivity contribution is 0.0933. The first kappa shape index (κ1) is 14.4. The van der Waals surface area contributed by atoms with Crippen LogP contribution in [0.2, 0.25) is 10.0 Å². The molecule has 0 saturated carbocycles. The van der Waals surface area contributed by atoms with Crippen LogP contribution in [0.3, 0.4) is 0 Å². The van der Waals surface area contributed by atoms with E-state index in [1.165, 1.54) is 11.1 Å². The summed E-state index contributed by atoms with van der Waals surface area (Å²) in [4.78, 5) is 12.4. The molecule has 2 aromatic rings. The SMILES string of the molecule is O=C(N[C@H]1CCCc2ccccc21)c1ccc(Cl)c(Cl)c1. The number of carbonyl (C=O) groups is 1. The van der Waals surface area contributed by atoms with Gasteiger partial charge < -0.3 is 5.32 Å². The number of nitrogens with one attached hydrogen (secondary N) is 1. The molecule has 2 nitrogen and oxygen atoms in total. The molecule has 0 spiro atoms. The third kappa shape index (κ3) is 3.07. The van der Waals surface area contributed by atoms with Crippen molar-refractivity contribution in [1.82, 2.24) is 5.32 Å². The Morgan fingerprint density at radius 1 is 1.10 bits per heavy atom. The molecule has 0 radical (unpaired) electrons. The summed E-state index contributed by atoms with van der Waals surface area (Å²) in [5, 5.41) is 3.95. The van der Waals surface area contributed by atoms with Gasteiger partial charge in [0.2, 0.25) is 0 Å². The van der Waals surface area contributed by atoms with Gasteiger partial charge in [-0.3, -0.25) is 4.79 Å². The van der Waals surface area contributed by atoms with Gasteiger partial charge in [0.25, 0.3) is 5.91 Å². The smallest absolute Gasteiger partial charge is 0.251 e. The van der Waals surface area contributed by atoms with Gasteiger partial charge in [-0.25, -0.2) is 0 Å². The molecule has 2 aromatic carbocycles. The molecule has 0 aliphatic heterocycles. The van der Waals surface area contributed by atoms with Gasteiger partial charge >= 0.3 is 0 Å². The summed E-state index contributed by atoms with van der Waals surface area (Å²) in [5.74, 6) is -0.115. The largest absolute Gasteiger partial charge is 0.345 e. The molecule has 1 atom stereocenters. The number of hydrogen-bond donors (Lipinski definition) is 1. The standard InChI is InChI=1S/C17H15Cl2NO/c18-14-9-8-12(10-15(14)19)17(21)20-16-7-3-5-11-4-1-2-6-13(11)16/h1-2,4,6,8-10,16H,3,5,7H2,(H,20,21)/t16-/m0/s1. The lowest BCUT2D eigenvalue weighted by Gasteiger charge is -2.26. The van der Waals surface area contributed by atoms with Crippen molar-refractivity contribution in [3.8, 4) is 0 Å². The Hall–Kier alpha value is -1.51. The van der Waals surface area contributed by atoms with E-state index in [-0.39, 0.29) is 11.9 Å². The maximum Gasteiger partial charge on any atom is 0.251 e. The normalized spacial score (nSPS) is 17.1. The maximum atomic E-state index is 12.4. The van der Waals surface area contributed by atoms with Crippen LogP contribution in [0.15, 0.2) is 42.5 Å². The summed E-state index contributed by atoms with van der Waals surface area (Å²) >= 11 is 11.9. The summed E-state index contributed by atoms with van der Waals surface area (Å²) in [6, 6.07) is 13.3. The molecule has 0 bridgehead atoms. The van der Waals surface area contributed by atoms with Crippen LogP contribution in [0, 0.1) is 0 Å². The van der Waals surface area contributed by atoms with Gasteiger partial charge in [0.05, 0.1) is 16.1 Å². The Bertz CT molecular complexity index is 684. The van der Waals surface area contributed by atoms with Crippen molar-refractivity contribution in [3.63, 3.8) is 0 Å². The molecule has 0 unspecified atom stereocenters. The van der Waals surface area contributed by atoms with Crippen molar-refractivity contribution in [3.05, 3.63) is 69.2 Å². The van der Waals surface area contributed by atoms with Crippen molar-refractivity contribution in [2.75, 3.05) is 0 Å². The molecule has 1 aliphatic carbocycles. The highest BCUT2D eigenvalue weighted by molar-refractivity contribution is 6.42. The zero-order chi connectivity index (χ0) is 14.8. The maximum absolute atomic E-state index is 12.4. The van der Waals surface area contributed by atoms with Crippen LogP contribution >= 0.6 is 23.2 Å². The fraction of sp³-hybridized carbons (Fsp3) is 0.235. The average Bonchev–Trinajstić information content (AvgIpc) is 2.50. The number of benzene rings is 2. The fourth-order valence-corrected chi connectivity index (χ4v) is 3.08. The average molecular weight is 320 g/mol. The Labute approximate surface area is 134 Å². The van der Waals surface area contributed by atoms with E-state index in [4.69, 9.17) is 23.2 Å². The van der Waals surface area contributed by atoms with Crippen molar-refractivity contribution in [2.45, 2.75) is 25.3 Å². The monoisotopic (exact) mass is 319 g/mol. The number of hydrogen-bond acceptors (Lipinski definition) is 1. The van der Waals surface area contributed by atoms with Gasteiger partial charge in [-0.2, -0.15) is 0 Å². The van der Waals surface area contributed by atoms with E-state index in [0.717, 1.165) is 19.3 Å². The first-order valence-corrected chi connectivity index (χ1v) is 7.74. The van der Waals surface area contributed by atoms with Crippen LogP contribution in [-0.2, 0) is 6.42 Å². The third-order valence-corrected chi connectivity index (χ3v) is 4.60. The Balaban J connectivity index is 1.81. The van der Waals surface area contributed by atoms with Gasteiger partial charge in [-0.1, -0.05) is 47.5 Å². The molecular formula is C17H15Cl2NO. The van der Waals surface area contributed by atoms with Gasteiger partial charge in [0.1, 0.15) is 0 Å². The zero-order valence-corrected chi connectivity index (χ0v) is 12.9. The van der Waals surface area contributed by atoms with E-state index < -0.39 is 0 Å². The lowest BCUT2D eigenvalue weighted by Crippen LogP contribution is -2.30. The molecule has 4 heteroatoms. The van der Waals surface area contributed by atoms with Crippen molar-refractivity contribution in [2.24, 2.45) is 0 Å². The van der Waals surface area contributed by atoms with Crippen molar-refractivity contribution in [1.29, 1.82) is 0 Å². The second kappa shape index (κ2) is 6.08. The van der Waals surface area contributed by atoms with E-state index in [2.05, 4.69) is 17.4 Å². The van der Waals surface area contributed by atoms with Crippen LogP contribution < -0.4 is 5.32 Å². The quantitative estimate of drug-likeness (QED) is 0.846. The molecular weight excluding hydrogens is 305 g/mol. The number of rotatable bonds is 2. The summed E-state index contributed by atoms with van der Waals surface area (Å²) in [7, 11) is 0. The molecule has 0 saturated heterocycles. The van der Waals surface area contributed by atoms with E-state index in [1.807, 2.05) is 12.1 Å². The molecule has 0 fully saturated rings. The zero-order valence-electron chi connectivity index (χ0n) is 11.4. The highest BCUT2D eigenvalue weighted by atomic mass is 35.5. The van der Waals surface area contributed by atoms with Crippen molar-refractivity contribution >= 4 is 29.1 Å². The lowest BCUT2D eigenvalue weighted by atomic mass is 9.87. The van der Waals surface area contributed by atoms with Crippen LogP contribution in [0.25, 0.3) is 0 Å². The molecule has 3 rings (SSSR count). The molecule has 0 heterocycles. The minimum absolute atomic E-state index is 0.0666. The molecule has 21 heavy (non-hydrogen) atoms. The summed E-state index contributed by atoms with van der Waals surface area (Å²) in [6.45, 7) is 0. The first-order chi connectivity index (χ1) is 10.1. The molecule has 1 aliphatic rings. The van der Waals surface area contributed by atoms with Crippen LogP contribution in [0.1, 0.15) is 40.4 Å². The number of carbonyl (C=O) groups excluding carboxylic acids is 1. The Kier molecular flexibility index (Phi) is 4.18. The van der Waals surface area contributed by atoms with Gasteiger partial charge in [0.15, 0.2) is 0 Å². The Morgan fingerprint density at radius 3 is 2.71 bits per heavy atom. The highest BCUT2D eigenvalue weighted by Gasteiger charge is 2.22. The van der Waals surface area contributed by atoms with Crippen molar-refractivity contribution < 1.29 is 4.79 Å². The number of fused-ring (bicyclic) bond motifs is 1. The first-order valence-electron chi connectivity index (χ1n) is 6.99. The van der Waals surface area contributed by atoms with Gasteiger partial charge in [-0.05, 0) is 48.6 Å². The summed E-state index contributed by atoms with van der Waals surface area (Å²) in [6.07, 6.45) is 3.13. The minimum Gasteiger partial charge on any atom is -0.345 e. The number of aryl methyl sites for hydroxylation is 1. The predicted molar refractivity (Wildman–Crippen MR) is 86.0 cm³/mol.